The Morgan fingerprint density at radius 2 is 2.29 bits per heavy atom. The monoisotopic (exact) mass is 343 g/mol. The lowest BCUT2D eigenvalue weighted by Gasteiger charge is -2.29. The number of carbonyl (C=O) groups is 1. The van der Waals surface area contributed by atoms with Crippen LogP contribution >= 0.6 is 11.3 Å². The highest BCUT2D eigenvalue weighted by Gasteiger charge is 2.35. The molecule has 1 saturated heterocycles. The van der Waals surface area contributed by atoms with E-state index < -0.39 is 0 Å². The average Bonchev–Trinajstić information content (AvgIpc) is 3.24. The number of aromatic nitrogens is 1. The van der Waals surface area contributed by atoms with Crippen molar-refractivity contribution in [3.8, 4) is 0 Å². The Bertz CT molecular complexity index is 659. The predicted molar refractivity (Wildman–Crippen MR) is 98.1 cm³/mol. The molecule has 3 rings (SSSR count). The average molecular weight is 343 g/mol. The third kappa shape index (κ3) is 3.52. The zero-order chi connectivity index (χ0) is 17.1. The Morgan fingerprint density at radius 1 is 1.46 bits per heavy atom. The molecular formula is C19H25N3OS. The summed E-state index contributed by atoms with van der Waals surface area (Å²) in [4.78, 5) is 22.5. The molecule has 0 N–H and O–H groups in total. The van der Waals surface area contributed by atoms with Gasteiger partial charge in [-0.3, -0.25) is 14.7 Å². The zero-order valence-electron chi connectivity index (χ0n) is 14.6. The van der Waals surface area contributed by atoms with Gasteiger partial charge in [0.05, 0.1) is 5.92 Å². The summed E-state index contributed by atoms with van der Waals surface area (Å²) in [5.74, 6) is 0.589. The standard InChI is InChI=1S/C19H25N3OS/c1-14(17-7-5-11-24-17)19(23)22(3)13-16-8-10-21(2)18(16)15-6-4-9-20-12-15/h4-7,9,11-12,14,16,18H,8,10,13H2,1-3H3/t14-,16+,18+/m1/s1. The van der Waals surface area contributed by atoms with Crippen molar-refractivity contribution in [3.63, 3.8) is 0 Å². The van der Waals surface area contributed by atoms with Gasteiger partial charge in [0.2, 0.25) is 5.91 Å². The van der Waals surface area contributed by atoms with E-state index in [4.69, 9.17) is 0 Å². The minimum absolute atomic E-state index is 0.0639. The highest BCUT2D eigenvalue weighted by molar-refractivity contribution is 7.10. The second-order valence-corrected chi connectivity index (χ2v) is 7.70. The summed E-state index contributed by atoms with van der Waals surface area (Å²) in [6.07, 6.45) is 4.88. The van der Waals surface area contributed by atoms with Gasteiger partial charge in [0.25, 0.3) is 0 Å². The molecule has 2 aromatic heterocycles. The minimum atomic E-state index is -0.0639. The third-order valence-corrected chi connectivity index (χ3v) is 6.08. The first-order chi connectivity index (χ1) is 11.6. The number of hydrogen-bond acceptors (Lipinski definition) is 4. The lowest BCUT2D eigenvalue weighted by Crippen LogP contribution is -2.36. The first-order valence-electron chi connectivity index (χ1n) is 8.46. The SMILES string of the molecule is C[C@@H](C(=O)N(C)C[C@@H]1CCN(C)[C@H]1c1cccnc1)c1cccs1. The van der Waals surface area contributed by atoms with Crippen molar-refractivity contribution < 1.29 is 4.79 Å². The maximum absolute atomic E-state index is 12.8. The smallest absolute Gasteiger partial charge is 0.230 e. The largest absolute Gasteiger partial charge is 0.345 e. The van der Waals surface area contributed by atoms with Gasteiger partial charge < -0.3 is 4.90 Å². The van der Waals surface area contributed by atoms with Crippen molar-refractivity contribution in [2.75, 3.05) is 27.2 Å². The van der Waals surface area contributed by atoms with E-state index in [0.29, 0.717) is 12.0 Å². The van der Waals surface area contributed by atoms with Gasteiger partial charge in [-0.15, -0.1) is 11.3 Å². The van der Waals surface area contributed by atoms with Crippen LogP contribution in [0, 0.1) is 5.92 Å². The van der Waals surface area contributed by atoms with Crippen LogP contribution in [0.3, 0.4) is 0 Å². The van der Waals surface area contributed by atoms with Gasteiger partial charge >= 0.3 is 0 Å². The molecule has 0 saturated carbocycles. The molecule has 0 spiro atoms. The maximum Gasteiger partial charge on any atom is 0.230 e. The maximum atomic E-state index is 12.8. The molecule has 5 heteroatoms. The van der Waals surface area contributed by atoms with Gasteiger partial charge in [0, 0.05) is 36.9 Å². The number of likely N-dealkylation sites (tertiary alicyclic amines) is 1. The second-order valence-electron chi connectivity index (χ2n) is 6.72. The molecule has 4 nitrogen and oxygen atoms in total. The van der Waals surface area contributed by atoms with Crippen molar-refractivity contribution >= 4 is 17.2 Å². The van der Waals surface area contributed by atoms with Crippen LogP contribution in [0.25, 0.3) is 0 Å². The fourth-order valence-electron chi connectivity index (χ4n) is 3.73. The summed E-state index contributed by atoms with van der Waals surface area (Å²) < 4.78 is 0. The van der Waals surface area contributed by atoms with E-state index in [-0.39, 0.29) is 11.8 Å². The Morgan fingerprint density at radius 3 is 2.96 bits per heavy atom. The summed E-state index contributed by atoms with van der Waals surface area (Å²) in [7, 11) is 4.10. The number of thiophene rings is 1. The Hall–Kier alpha value is -1.72. The van der Waals surface area contributed by atoms with Crippen LogP contribution in [-0.2, 0) is 4.79 Å². The number of nitrogens with zero attached hydrogens (tertiary/aromatic N) is 3. The van der Waals surface area contributed by atoms with E-state index in [9.17, 15) is 4.79 Å². The molecule has 0 unspecified atom stereocenters. The highest BCUT2D eigenvalue weighted by Crippen LogP contribution is 2.36. The molecule has 0 radical (unpaired) electrons. The molecule has 1 amide bonds. The second kappa shape index (κ2) is 7.45. The number of likely N-dealkylation sites (N-methyl/N-ethyl adjacent to an activating group) is 1. The van der Waals surface area contributed by atoms with Gasteiger partial charge in [-0.05, 0) is 55.9 Å². The van der Waals surface area contributed by atoms with Crippen molar-refractivity contribution in [1.82, 2.24) is 14.8 Å². The lowest BCUT2D eigenvalue weighted by molar-refractivity contribution is -0.131. The van der Waals surface area contributed by atoms with Crippen molar-refractivity contribution in [1.29, 1.82) is 0 Å². The van der Waals surface area contributed by atoms with Crippen LogP contribution in [-0.4, -0.2) is 47.9 Å². The quantitative estimate of drug-likeness (QED) is 0.835. The molecule has 3 heterocycles. The van der Waals surface area contributed by atoms with Crippen LogP contribution in [0.1, 0.15) is 35.7 Å². The lowest BCUT2D eigenvalue weighted by atomic mass is 9.94. The van der Waals surface area contributed by atoms with E-state index in [1.54, 1.807) is 11.3 Å². The topological polar surface area (TPSA) is 36.4 Å². The van der Waals surface area contributed by atoms with Crippen LogP contribution in [0.15, 0.2) is 42.0 Å². The first-order valence-corrected chi connectivity index (χ1v) is 9.34. The molecule has 0 aromatic carbocycles. The van der Waals surface area contributed by atoms with Gasteiger partial charge in [-0.25, -0.2) is 0 Å². The minimum Gasteiger partial charge on any atom is -0.345 e. The fraction of sp³-hybridized carbons (Fsp3) is 0.474. The molecule has 3 atom stereocenters. The number of pyridine rings is 1. The fourth-order valence-corrected chi connectivity index (χ4v) is 4.50. The molecule has 1 fully saturated rings. The molecule has 1 aliphatic rings. The molecule has 0 bridgehead atoms. The summed E-state index contributed by atoms with van der Waals surface area (Å²) in [5, 5.41) is 2.03. The summed E-state index contributed by atoms with van der Waals surface area (Å²) in [5.41, 5.74) is 1.25. The van der Waals surface area contributed by atoms with E-state index in [1.165, 1.54) is 5.56 Å². The van der Waals surface area contributed by atoms with E-state index in [1.807, 2.05) is 54.8 Å². The normalized spacial score (nSPS) is 22.5. The Kier molecular flexibility index (Phi) is 5.31. The summed E-state index contributed by atoms with van der Waals surface area (Å²) in [6, 6.07) is 8.53. The van der Waals surface area contributed by atoms with Gasteiger partial charge in [0.15, 0.2) is 0 Å². The van der Waals surface area contributed by atoms with Crippen molar-refractivity contribution in [2.45, 2.75) is 25.3 Å². The number of rotatable bonds is 5. The van der Waals surface area contributed by atoms with Gasteiger partial charge in [-0.1, -0.05) is 12.1 Å². The third-order valence-electron chi connectivity index (χ3n) is 5.02. The number of hydrogen-bond donors (Lipinski definition) is 0. The summed E-state index contributed by atoms with van der Waals surface area (Å²) >= 11 is 1.65. The number of carbonyl (C=O) groups excluding carboxylic acids is 1. The van der Waals surface area contributed by atoms with Crippen LogP contribution in [0.4, 0.5) is 0 Å². The van der Waals surface area contributed by atoms with E-state index in [2.05, 4.69) is 23.0 Å². The van der Waals surface area contributed by atoms with Crippen LogP contribution in [0.2, 0.25) is 0 Å². The highest BCUT2D eigenvalue weighted by atomic mass is 32.1. The Balaban J connectivity index is 1.69. The molecule has 0 aliphatic carbocycles. The first kappa shape index (κ1) is 17.1. The Labute approximate surface area is 148 Å². The molecule has 128 valence electrons. The molecule has 2 aromatic rings. The van der Waals surface area contributed by atoms with E-state index >= 15 is 0 Å². The summed E-state index contributed by atoms with van der Waals surface area (Å²) in [6.45, 7) is 3.86. The van der Waals surface area contributed by atoms with Gasteiger partial charge in [0.1, 0.15) is 0 Å². The van der Waals surface area contributed by atoms with Crippen LogP contribution < -0.4 is 0 Å². The predicted octanol–water partition coefficient (Wildman–Crippen LogP) is 3.40. The molecule has 24 heavy (non-hydrogen) atoms. The molecule has 1 aliphatic heterocycles. The number of amides is 1. The van der Waals surface area contributed by atoms with Gasteiger partial charge in [-0.2, -0.15) is 0 Å². The van der Waals surface area contributed by atoms with Crippen LogP contribution in [0.5, 0.6) is 0 Å². The van der Waals surface area contributed by atoms with Crippen molar-refractivity contribution in [2.24, 2.45) is 5.92 Å². The van der Waals surface area contributed by atoms with E-state index in [0.717, 1.165) is 24.4 Å². The molecular weight excluding hydrogens is 318 g/mol. The zero-order valence-corrected chi connectivity index (χ0v) is 15.4. The van der Waals surface area contributed by atoms with Crippen molar-refractivity contribution in [3.05, 3.63) is 52.5 Å².